The Labute approximate surface area is 138 Å². The van der Waals surface area contributed by atoms with Crippen molar-refractivity contribution in [3.05, 3.63) is 17.0 Å². The van der Waals surface area contributed by atoms with Gasteiger partial charge in [0.2, 0.25) is 0 Å². The van der Waals surface area contributed by atoms with Gasteiger partial charge in [-0.15, -0.1) is 0 Å². The minimum atomic E-state index is -0.875. The molecule has 2 aliphatic rings. The minimum absolute atomic E-state index is 0.292. The van der Waals surface area contributed by atoms with Crippen molar-refractivity contribution < 1.29 is 9.90 Å². The lowest BCUT2D eigenvalue weighted by atomic mass is 9.90. The second kappa shape index (κ2) is 7.04. The molecule has 5 nitrogen and oxygen atoms in total. The van der Waals surface area contributed by atoms with Crippen LogP contribution in [0.15, 0.2) is 0 Å². The number of hydrogen-bond donors (Lipinski definition) is 1. The molecule has 1 atom stereocenters. The van der Waals surface area contributed by atoms with Crippen molar-refractivity contribution in [3.8, 4) is 0 Å². The standard InChI is InChI=1S/C18H29N3O2/c1-13(2)12-21-16-8-7-14(20-9-5-3-4-6-10-20)11-15(16)17(19-21)18(22)23/h13-14H,3-12H2,1-2H3,(H,22,23)/t14-/m0/s1. The fourth-order valence-electron chi connectivity index (χ4n) is 4.11. The van der Waals surface area contributed by atoms with Gasteiger partial charge in [-0.3, -0.25) is 4.68 Å². The predicted octanol–water partition coefficient (Wildman–Crippen LogP) is 2.97. The third-order valence-corrected chi connectivity index (χ3v) is 5.22. The van der Waals surface area contributed by atoms with Crippen molar-refractivity contribution in [1.29, 1.82) is 0 Å². The summed E-state index contributed by atoms with van der Waals surface area (Å²) in [7, 11) is 0. The van der Waals surface area contributed by atoms with Crippen molar-refractivity contribution in [3.63, 3.8) is 0 Å². The van der Waals surface area contributed by atoms with Crippen LogP contribution < -0.4 is 0 Å². The maximum absolute atomic E-state index is 11.6. The summed E-state index contributed by atoms with van der Waals surface area (Å²) in [6.45, 7) is 7.45. The number of aromatic nitrogens is 2. The first-order valence-corrected chi connectivity index (χ1v) is 9.12. The zero-order chi connectivity index (χ0) is 16.4. The molecule has 1 aliphatic carbocycles. The van der Waals surface area contributed by atoms with Crippen molar-refractivity contribution in [1.82, 2.24) is 14.7 Å². The molecule has 1 aliphatic heterocycles. The quantitative estimate of drug-likeness (QED) is 0.927. The molecule has 0 saturated carbocycles. The van der Waals surface area contributed by atoms with Gasteiger partial charge in [-0.2, -0.15) is 5.10 Å². The Bertz CT molecular complexity index is 557. The summed E-state index contributed by atoms with van der Waals surface area (Å²) in [4.78, 5) is 14.2. The van der Waals surface area contributed by atoms with Gasteiger partial charge in [0.1, 0.15) is 0 Å². The third kappa shape index (κ3) is 3.60. The molecule has 0 bridgehead atoms. The van der Waals surface area contributed by atoms with E-state index in [0.717, 1.165) is 31.4 Å². The van der Waals surface area contributed by atoms with Crippen LogP contribution in [0.1, 0.15) is 67.7 Å². The fourth-order valence-corrected chi connectivity index (χ4v) is 4.11. The molecule has 1 aromatic heterocycles. The molecule has 0 amide bonds. The normalized spacial score (nSPS) is 22.8. The number of fused-ring (bicyclic) bond motifs is 1. The Hall–Kier alpha value is -1.36. The van der Waals surface area contributed by atoms with E-state index >= 15 is 0 Å². The Balaban J connectivity index is 1.83. The summed E-state index contributed by atoms with van der Waals surface area (Å²) < 4.78 is 1.96. The van der Waals surface area contributed by atoms with Crippen LogP contribution in [0.4, 0.5) is 0 Å². The Kier molecular flexibility index (Phi) is 5.05. The zero-order valence-corrected chi connectivity index (χ0v) is 14.4. The number of hydrogen-bond acceptors (Lipinski definition) is 3. The highest BCUT2D eigenvalue weighted by Crippen LogP contribution is 2.29. The average molecular weight is 319 g/mol. The molecule has 0 spiro atoms. The van der Waals surface area contributed by atoms with Gasteiger partial charge in [-0.25, -0.2) is 4.79 Å². The van der Waals surface area contributed by atoms with Crippen LogP contribution in [0.25, 0.3) is 0 Å². The van der Waals surface area contributed by atoms with E-state index in [-0.39, 0.29) is 0 Å². The van der Waals surface area contributed by atoms with Gasteiger partial charge >= 0.3 is 5.97 Å². The molecule has 1 N–H and O–H groups in total. The van der Waals surface area contributed by atoms with Gasteiger partial charge in [-0.05, 0) is 51.1 Å². The van der Waals surface area contributed by atoms with Crippen molar-refractivity contribution in [2.75, 3.05) is 13.1 Å². The van der Waals surface area contributed by atoms with Crippen LogP contribution in [0.2, 0.25) is 0 Å². The number of carboxylic acids is 1. The van der Waals surface area contributed by atoms with Gasteiger partial charge in [0.25, 0.3) is 0 Å². The minimum Gasteiger partial charge on any atom is -0.476 e. The van der Waals surface area contributed by atoms with Crippen LogP contribution >= 0.6 is 0 Å². The summed E-state index contributed by atoms with van der Waals surface area (Å²) >= 11 is 0. The summed E-state index contributed by atoms with van der Waals surface area (Å²) in [5, 5.41) is 14.0. The lowest BCUT2D eigenvalue weighted by Crippen LogP contribution is -2.40. The lowest BCUT2D eigenvalue weighted by molar-refractivity contribution is 0.0687. The Morgan fingerprint density at radius 1 is 1.26 bits per heavy atom. The number of nitrogens with zero attached hydrogens (tertiary/aromatic N) is 3. The first-order valence-electron chi connectivity index (χ1n) is 9.12. The van der Waals surface area contributed by atoms with Crippen LogP contribution in [-0.4, -0.2) is 44.9 Å². The molecule has 0 aromatic carbocycles. The lowest BCUT2D eigenvalue weighted by Gasteiger charge is -2.33. The highest BCUT2D eigenvalue weighted by molar-refractivity contribution is 5.87. The van der Waals surface area contributed by atoms with E-state index in [1.54, 1.807) is 0 Å². The molecule has 5 heteroatoms. The third-order valence-electron chi connectivity index (χ3n) is 5.22. The molecule has 1 aromatic rings. The number of carboxylic acid groups (broad SMARTS) is 1. The summed E-state index contributed by atoms with van der Waals surface area (Å²) in [6, 6.07) is 0.496. The van der Waals surface area contributed by atoms with E-state index < -0.39 is 5.97 Å². The van der Waals surface area contributed by atoms with Crippen molar-refractivity contribution in [2.24, 2.45) is 5.92 Å². The van der Waals surface area contributed by atoms with E-state index in [1.807, 2.05) is 4.68 Å². The molecule has 1 fully saturated rings. The number of aromatic carboxylic acids is 1. The first kappa shape index (κ1) is 16.5. The molecular formula is C18H29N3O2. The first-order chi connectivity index (χ1) is 11.1. The van der Waals surface area contributed by atoms with Crippen LogP contribution in [0.5, 0.6) is 0 Å². The molecule has 2 heterocycles. The largest absolute Gasteiger partial charge is 0.476 e. The van der Waals surface area contributed by atoms with Crippen molar-refractivity contribution >= 4 is 5.97 Å². The Morgan fingerprint density at radius 2 is 1.96 bits per heavy atom. The van der Waals surface area contributed by atoms with E-state index in [9.17, 15) is 9.90 Å². The summed E-state index contributed by atoms with van der Waals surface area (Å²) in [5.41, 5.74) is 2.46. The van der Waals surface area contributed by atoms with Gasteiger partial charge in [-0.1, -0.05) is 26.7 Å². The Morgan fingerprint density at radius 3 is 2.57 bits per heavy atom. The second-order valence-corrected chi connectivity index (χ2v) is 7.50. The molecule has 128 valence electrons. The monoisotopic (exact) mass is 319 g/mol. The number of rotatable bonds is 4. The number of likely N-dealkylation sites (tertiary alicyclic amines) is 1. The van der Waals surface area contributed by atoms with Crippen LogP contribution in [-0.2, 0) is 19.4 Å². The molecule has 1 saturated heterocycles. The molecular weight excluding hydrogens is 290 g/mol. The zero-order valence-electron chi connectivity index (χ0n) is 14.4. The van der Waals surface area contributed by atoms with Crippen LogP contribution in [0, 0.1) is 5.92 Å². The fraction of sp³-hybridized carbons (Fsp3) is 0.778. The maximum Gasteiger partial charge on any atom is 0.356 e. The van der Waals surface area contributed by atoms with E-state index in [4.69, 9.17) is 0 Å². The summed E-state index contributed by atoms with van der Waals surface area (Å²) in [5.74, 6) is -0.399. The van der Waals surface area contributed by atoms with Crippen molar-refractivity contribution in [2.45, 2.75) is 71.4 Å². The van der Waals surface area contributed by atoms with Gasteiger partial charge < -0.3 is 10.0 Å². The SMILES string of the molecule is CC(C)Cn1nc(C(=O)O)c2c1CC[C@H](N1CCCCCC1)C2. The maximum atomic E-state index is 11.6. The average Bonchev–Trinajstić information content (AvgIpc) is 2.70. The molecule has 3 rings (SSSR count). The van der Waals surface area contributed by atoms with Gasteiger partial charge in [0.15, 0.2) is 5.69 Å². The van der Waals surface area contributed by atoms with Crippen LogP contribution in [0.3, 0.4) is 0 Å². The predicted molar refractivity (Wildman–Crippen MR) is 89.9 cm³/mol. The van der Waals surface area contributed by atoms with Gasteiger partial charge in [0, 0.05) is 23.8 Å². The molecule has 0 unspecified atom stereocenters. The second-order valence-electron chi connectivity index (χ2n) is 7.50. The van der Waals surface area contributed by atoms with E-state index in [2.05, 4.69) is 23.8 Å². The van der Waals surface area contributed by atoms with E-state index in [0.29, 0.717) is 17.7 Å². The van der Waals surface area contributed by atoms with E-state index in [1.165, 1.54) is 44.5 Å². The molecule has 0 radical (unpaired) electrons. The van der Waals surface area contributed by atoms with Gasteiger partial charge in [0.05, 0.1) is 0 Å². The highest BCUT2D eigenvalue weighted by Gasteiger charge is 2.31. The topological polar surface area (TPSA) is 58.4 Å². The number of carbonyl (C=O) groups is 1. The summed E-state index contributed by atoms with van der Waals surface area (Å²) in [6.07, 6.45) is 8.18. The molecule has 23 heavy (non-hydrogen) atoms. The highest BCUT2D eigenvalue weighted by atomic mass is 16.4. The smallest absolute Gasteiger partial charge is 0.356 e.